The van der Waals surface area contributed by atoms with Gasteiger partial charge < -0.3 is 14.8 Å². The summed E-state index contributed by atoms with van der Waals surface area (Å²) < 4.78 is 10.9. The van der Waals surface area contributed by atoms with E-state index < -0.39 is 17.5 Å². The van der Waals surface area contributed by atoms with Gasteiger partial charge in [-0.05, 0) is 23.8 Å². The summed E-state index contributed by atoms with van der Waals surface area (Å²) in [5, 5.41) is 4.53. The third-order valence-electron chi connectivity index (χ3n) is 3.91. The number of hydrogen-bond donors (Lipinski definition) is 1. The lowest BCUT2D eigenvalue weighted by atomic mass is 9.93. The van der Waals surface area contributed by atoms with Gasteiger partial charge in [-0.3, -0.25) is 4.79 Å². The van der Waals surface area contributed by atoms with Crippen molar-refractivity contribution in [2.75, 3.05) is 13.7 Å². The maximum atomic E-state index is 12.4. The van der Waals surface area contributed by atoms with E-state index in [1.54, 1.807) is 13.0 Å². The Hall–Kier alpha value is -2.56. The fourth-order valence-corrected chi connectivity index (χ4v) is 2.85. The SMILES string of the molecule is CCOC(=O)[C@@]1(C(=O)NC)Cc2c(ccc3ccccc23)O1. The molecule has 22 heavy (non-hydrogen) atoms. The lowest BCUT2D eigenvalue weighted by Crippen LogP contribution is -2.56. The van der Waals surface area contributed by atoms with Crippen molar-refractivity contribution in [1.29, 1.82) is 0 Å². The van der Waals surface area contributed by atoms with Crippen LogP contribution in [0.3, 0.4) is 0 Å². The Labute approximate surface area is 128 Å². The largest absolute Gasteiger partial charge is 0.465 e. The molecule has 5 heteroatoms. The normalized spacial score (nSPS) is 19.4. The molecule has 114 valence electrons. The lowest BCUT2D eigenvalue weighted by molar-refractivity contribution is -0.166. The molecule has 1 aliphatic heterocycles. The molecule has 1 aliphatic rings. The topological polar surface area (TPSA) is 64.6 Å². The molecule has 2 aromatic rings. The van der Waals surface area contributed by atoms with Crippen LogP contribution >= 0.6 is 0 Å². The molecule has 1 heterocycles. The second kappa shape index (κ2) is 5.33. The number of nitrogens with one attached hydrogen (secondary N) is 1. The van der Waals surface area contributed by atoms with Crippen molar-refractivity contribution in [3.8, 4) is 5.75 Å². The highest BCUT2D eigenvalue weighted by Crippen LogP contribution is 2.40. The Kier molecular flexibility index (Phi) is 3.48. The molecule has 1 N–H and O–H groups in total. The van der Waals surface area contributed by atoms with Crippen LogP contribution in [0, 0.1) is 0 Å². The second-order valence-electron chi connectivity index (χ2n) is 5.17. The summed E-state index contributed by atoms with van der Waals surface area (Å²) in [5.41, 5.74) is -0.785. The van der Waals surface area contributed by atoms with E-state index in [0.29, 0.717) is 5.75 Å². The van der Waals surface area contributed by atoms with Gasteiger partial charge in [-0.1, -0.05) is 30.3 Å². The van der Waals surface area contributed by atoms with Crippen LogP contribution in [0.15, 0.2) is 36.4 Å². The average Bonchev–Trinajstić information content (AvgIpc) is 2.95. The Morgan fingerprint density at radius 3 is 2.77 bits per heavy atom. The van der Waals surface area contributed by atoms with Crippen LogP contribution in [0.1, 0.15) is 12.5 Å². The van der Waals surface area contributed by atoms with Gasteiger partial charge in [0.05, 0.1) is 6.61 Å². The van der Waals surface area contributed by atoms with Crippen LogP contribution in [-0.4, -0.2) is 31.1 Å². The molecule has 0 radical (unpaired) electrons. The number of esters is 1. The standard InChI is InChI=1S/C17H17NO4/c1-3-21-16(20)17(15(19)18-2)10-13-12-7-5-4-6-11(12)8-9-14(13)22-17/h4-9H,3,10H2,1-2H3,(H,18,19)/t17-/m0/s1. The Morgan fingerprint density at radius 1 is 1.27 bits per heavy atom. The number of likely N-dealkylation sites (N-methyl/N-ethyl adjacent to an activating group) is 1. The second-order valence-corrected chi connectivity index (χ2v) is 5.17. The minimum Gasteiger partial charge on any atom is -0.465 e. The highest BCUT2D eigenvalue weighted by molar-refractivity contribution is 6.08. The summed E-state index contributed by atoms with van der Waals surface area (Å²) in [4.78, 5) is 24.7. The third-order valence-corrected chi connectivity index (χ3v) is 3.91. The zero-order valence-electron chi connectivity index (χ0n) is 12.5. The average molecular weight is 299 g/mol. The van der Waals surface area contributed by atoms with Crippen LogP contribution in [0.4, 0.5) is 0 Å². The summed E-state index contributed by atoms with van der Waals surface area (Å²) in [6.45, 7) is 1.89. The highest BCUT2D eigenvalue weighted by atomic mass is 16.6. The first-order chi connectivity index (χ1) is 10.6. The van der Waals surface area contributed by atoms with Crippen molar-refractivity contribution in [1.82, 2.24) is 5.32 Å². The molecule has 0 saturated carbocycles. The molecule has 1 atom stereocenters. The molecule has 1 amide bonds. The number of amides is 1. The first kappa shape index (κ1) is 14.4. The van der Waals surface area contributed by atoms with Crippen LogP contribution in [0.2, 0.25) is 0 Å². The maximum Gasteiger partial charge on any atom is 0.360 e. The summed E-state index contributed by atoms with van der Waals surface area (Å²) in [5.74, 6) is -0.601. The van der Waals surface area contributed by atoms with E-state index in [0.717, 1.165) is 16.3 Å². The van der Waals surface area contributed by atoms with Gasteiger partial charge in [0.25, 0.3) is 11.5 Å². The minimum atomic E-state index is -1.64. The molecule has 2 aromatic carbocycles. The van der Waals surface area contributed by atoms with Gasteiger partial charge in [-0.15, -0.1) is 0 Å². The molecule has 0 aromatic heterocycles. The monoisotopic (exact) mass is 299 g/mol. The molecule has 0 bridgehead atoms. The smallest absolute Gasteiger partial charge is 0.360 e. The van der Waals surface area contributed by atoms with Crippen molar-refractivity contribution >= 4 is 22.6 Å². The molecule has 5 nitrogen and oxygen atoms in total. The first-order valence-corrected chi connectivity index (χ1v) is 7.21. The van der Waals surface area contributed by atoms with E-state index in [1.165, 1.54) is 7.05 Å². The van der Waals surface area contributed by atoms with Crippen LogP contribution < -0.4 is 10.1 Å². The Bertz CT molecular complexity index is 755. The Morgan fingerprint density at radius 2 is 2.05 bits per heavy atom. The summed E-state index contributed by atoms with van der Waals surface area (Å²) >= 11 is 0. The molecular formula is C17H17NO4. The third kappa shape index (κ3) is 2.01. The van der Waals surface area contributed by atoms with Gasteiger partial charge in [-0.25, -0.2) is 4.79 Å². The number of hydrogen-bond acceptors (Lipinski definition) is 4. The number of carbonyl (C=O) groups excluding carboxylic acids is 2. The minimum absolute atomic E-state index is 0.169. The van der Waals surface area contributed by atoms with Gasteiger partial charge in [0, 0.05) is 19.0 Å². The lowest BCUT2D eigenvalue weighted by Gasteiger charge is -2.24. The van der Waals surface area contributed by atoms with Gasteiger partial charge in [0.2, 0.25) is 0 Å². The Balaban J connectivity index is 2.11. The maximum absolute atomic E-state index is 12.4. The van der Waals surface area contributed by atoms with E-state index in [2.05, 4.69) is 5.32 Å². The van der Waals surface area contributed by atoms with E-state index in [-0.39, 0.29) is 13.0 Å². The summed E-state index contributed by atoms with van der Waals surface area (Å²) in [6.07, 6.45) is 0.169. The number of ether oxygens (including phenoxy) is 2. The van der Waals surface area contributed by atoms with Crippen LogP contribution in [0.5, 0.6) is 5.75 Å². The van der Waals surface area contributed by atoms with Crippen molar-refractivity contribution in [3.05, 3.63) is 42.0 Å². The first-order valence-electron chi connectivity index (χ1n) is 7.21. The van der Waals surface area contributed by atoms with E-state index in [4.69, 9.17) is 9.47 Å². The number of benzene rings is 2. The van der Waals surface area contributed by atoms with Crippen molar-refractivity contribution in [2.45, 2.75) is 18.9 Å². The quantitative estimate of drug-likeness (QED) is 0.693. The van der Waals surface area contributed by atoms with E-state index in [1.807, 2.05) is 30.3 Å². The van der Waals surface area contributed by atoms with Gasteiger partial charge in [0.1, 0.15) is 5.75 Å². The van der Waals surface area contributed by atoms with E-state index >= 15 is 0 Å². The summed E-state index contributed by atoms with van der Waals surface area (Å²) in [6, 6.07) is 11.5. The highest BCUT2D eigenvalue weighted by Gasteiger charge is 2.54. The molecule has 3 rings (SSSR count). The molecule has 0 fully saturated rings. The predicted octanol–water partition coefficient (Wildman–Crippen LogP) is 1.82. The van der Waals surface area contributed by atoms with Gasteiger partial charge in [-0.2, -0.15) is 0 Å². The van der Waals surface area contributed by atoms with Crippen molar-refractivity contribution in [2.24, 2.45) is 0 Å². The van der Waals surface area contributed by atoms with Gasteiger partial charge >= 0.3 is 5.97 Å². The molecule has 0 saturated heterocycles. The van der Waals surface area contributed by atoms with Gasteiger partial charge in [0.15, 0.2) is 0 Å². The molecule has 0 aliphatic carbocycles. The van der Waals surface area contributed by atoms with Crippen molar-refractivity contribution in [3.63, 3.8) is 0 Å². The fourth-order valence-electron chi connectivity index (χ4n) is 2.85. The number of fused-ring (bicyclic) bond motifs is 3. The van der Waals surface area contributed by atoms with E-state index in [9.17, 15) is 9.59 Å². The summed E-state index contributed by atoms with van der Waals surface area (Å²) in [7, 11) is 1.48. The predicted molar refractivity (Wildman–Crippen MR) is 81.7 cm³/mol. The fraction of sp³-hybridized carbons (Fsp3) is 0.294. The van der Waals surface area contributed by atoms with Crippen LogP contribution in [-0.2, 0) is 20.7 Å². The van der Waals surface area contributed by atoms with Crippen LogP contribution in [0.25, 0.3) is 10.8 Å². The molecule has 0 spiro atoms. The zero-order chi connectivity index (χ0) is 15.7. The number of rotatable bonds is 3. The van der Waals surface area contributed by atoms with Crippen molar-refractivity contribution < 1.29 is 19.1 Å². The zero-order valence-corrected chi connectivity index (χ0v) is 12.5. The molecular weight excluding hydrogens is 282 g/mol. The molecule has 0 unspecified atom stereocenters. The number of carbonyl (C=O) groups is 2.